The van der Waals surface area contributed by atoms with Crippen LogP contribution in [0, 0.1) is 0 Å². The van der Waals surface area contributed by atoms with E-state index in [1.54, 1.807) is 11.3 Å². The van der Waals surface area contributed by atoms with Crippen LogP contribution >= 0.6 is 11.3 Å². The van der Waals surface area contributed by atoms with Gasteiger partial charge in [-0.3, -0.25) is 5.01 Å². The number of thiophene rings is 1. The molecule has 0 unspecified atom stereocenters. The maximum atomic E-state index is 5.73. The van der Waals surface area contributed by atoms with Crippen LogP contribution in [0.2, 0.25) is 0 Å². The summed E-state index contributed by atoms with van der Waals surface area (Å²) < 4.78 is 5.73. The summed E-state index contributed by atoms with van der Waals surface area (Å²) in [6.45, 7) is 0.552. The van der Waals surface area contributed by atoms with Crippen LogP contribution in [0.3, 0.4) is 0 Å². The van der Waals surface area contributed by atoms with E-state index in [1.807, 2.05) is 12.1 Å². The summed E-state index contributed by atoms with van der Waals surface area (Å²) in [5.74, 6) is 1.00. The lowest BCUT2D eigenvalue weighted by Gasteiger charge is -2.30. The number of hydrazone groups is 1. The van der Waals surface area contributed by atoms with Crippen molar-refractivity contribution in [1.82, 2.24) is 5.01 Å². The van der Waals surface area contributed by atoms with Crippen LogP contribution in [-0.4, -0.2) is 17.5 Å². The average molecular weight is 256 g/mol. The highest BCUT2D eigenvalue weighted by molar-refractivity contribution is 7.12. The summed E-state index contributed by atoms with van der Waals surface area (Å²) in [4.78, 5) is 1.27. The standard InChI is InChI=1S/C14H12N2OS/c1-2-5-13-10(4-1)12-8-11(14-6-3-7-18-14)15-16(12)9-17-13/h1-7,12H,8-9H2/t12-/m0/s1. The molecule has 0 bridgehead atoms. The van der Waals surface area contributed by atoms with Crippen molar-refractivity contribution >= 4 is 17.0 Å². The molecule has 0 N–H and O–H groups in total. The first-order chi connectivity index (χ1) is 8.92. The van der Waals surface area contributed by atoms with Gasteiger partial charge in [0.05, 0.1) is 16.6 Å². The summed E-state index contributed by atoms with van der Waals surface area (Å²) in [5, 5.41) is 8.84. The molecule has 1 atom stereocenters. The minimum Gasteiger partial charge on any atom is -0.471 e. The Kier molecular flexibility index (Phi) is 2.17. The molecule has 18 heavy (non-hydrogen) atoms. The first-order valence-electron chi connectivity index (χ1n) is 6.01. The first-order valence-corrected chi connectivity index (χ1v) is 6.89. The Morgan fingerprint density at radius 3 is 3.06 bits per heavy atom. The molecule has 1 aromatic heterocycles. The average Bonchev–Trinajstić information content (AvgIpc) is 3.07. The zero-order valence-corrected chi connectivity index (χ0v) is 10.6. The molecule has 1 aromatic carbocycles. The highest BCUT2D eigenvalue weighted by Gasteiger charge is 2.34. The fraction of sp³-hybridized carbons (Fsp3) is 0.214. The molecule has 0 aliphatic carbocycles. The number of fused-ring (bicyclic) bond motifs is 3. The predicted molar refractivity (Wildman–Crippen MR) is 72.0 cm³/mol. The highest BCUT2D eigenvalue weighted by Crippen LogP contribution is 2.40. The third-order valence-corrected chi connectivity index (χ3v) is 4.35. The van der Waals surface area contributed by atoms with Crippen molar-refractivity contribution < 1.29 is 4.74 Å². The lowest BCUT2D eigenvalue weighted by molar-refractivity contribution is 0.0750. The van der Waals surface area contributed by atoms with Crippen LogP contribution in [0.25, 0.3) is 0 Å². The van der Waals surface area contributed by atoms with Gasteiger partial charge in [0, 0.05) is 12.0 Å². The number of hydrogen-bond acceptors (Lipinski definition) is 4. The minimum atomic E-state index is 0.340. The fourth-order valence-corrected chi connectivity index (χ4v) is 3.28. The van der Waals surface area contributed by atoms with E-state index in [-0.39, 0.29) is 0 Å². The van der Waals surface area contributed by atoms with Gasteiger partial charge in [-0.1, -0.05) is 24.3 Å². The van der Waals surface area contributed by atoms with Gasteiger partial charge in [0.25, 0.3) is 0 Å². The van der Waals surface area contributed by atoms with Gasteiger partial charge in [-0.25, -0.2) is 0 Å². The topological polar surface area (TPSA) is 24.8 Å². The molecule has 2 aromatic rings. The largest absolute Gasteiger partial charge is 0.471 e. The zero-order valence-electron chi connectivity index (χ0n) is 9.74. The van der Waals surface area contributed by atoms with Gasteiger partial charge in [0.15, 0.2) is 6.73 Å². The van der Waals surface area contributed by atoms with Gasteiger partial charge in [-0.15, -0.1) is 11.3 Å². The van der Waals surface area contributed by atoms with Crippen LogP contribution < -0.4 is 4.74 Å². The Labute approximate surface area is 109 Å². The molecule has 3 nitrogen and oxygen atoms in total. The van der Waals surface area contributed by atoms with Gasteiger partial charge in [0.2, 0.25) is 0 Å². The Hall–Kier alpha value is -1.81. The maximum Gasteiger partial charge on any atom is 0.177 e. The third-order valence-electron chi connectivity index (χ3n) is 3.43. The summed E-state index contributed by atoms with van der Waals surface area (Å²) in [7, 11) is 0. The molecule has 4 heteroatoms. The van der Waals surface area contributed by atoms with E-state index in [0.29, 0.717) is 12.8 Å². The number of hydrogen-bond donors (Lipinski definition) is 0. The maximum absolute atomic E-state index is 5.73. The Balaban J connectivity index is 1.71. The number of para-hydroxylation sites is 1. The zero-order chi connectivity index (χ0) is 11.9. The first kappa shape index (κ1) is 10.1. The van der Waals surface area contributed by atoms with Crippen molar-refractivity contribution in [2.45, 2.75) is 12.5 Å². The number of benzene rings is 1. The van der Waals surface area contributed by atoms with Crippen molar-refractivity contribution in [3.8, 4) is 5.75 Å². The molecule has 0 fully saturated rings. The van der Waals surface area contributed by atoms with Crippen LogP contribution in [0.15, 0.2) is 46.9 Å². The molecule has 2 aliphatic rings. The summed E-state index contributed by atoms with van der Waals surface area (Å²) in [6, 6.07) is 12.8. The van der Waals surface area contributed by atoms with E-state index < -0.39 is 0 Å². The molecule has 0 saturated carbocycles. The monoisotopic (exact) mass is 256 g/mol. The quantitative estimate of drug-likeness (QED) is 0.782. The van der Waals surface area contributed by atoms with E-state index in [9.17, 15) is 0 Å². The van der Waals surface area contributed by atoms with Crippen LogP contribution in [0.1, 0.15) is 22.9 Å². The number of ether oxygens (including phenoxy) is 1. The molecule has 0 spiro atoms. The van der Waals surface area contributed by atoms with Crippen LogP contribution in [-0.2, 0) is 0 Å². The van der Waals surface area contributed by atoms with E-state index in [2.05, 4.69) is 39.8 Å². The molecule has 90 valence electrons. The smallest absolute Gasteiger partial charge is 0.177 e. The molecule has 0 radical (unpaired) electrons. The van der Waals surface area contributed by atoms with Crippen molar-refractivity contribution in [2.75, 3.05) is 6.73 Å². The summed E-state index contributed by atoms with van der Waals surface area (Å²) in [6.07, 6.45) is 0.973. The van der Waals surface area contributed by atoms with Gasteiger partial charge in [-0.2, -0.15) is 5.10 Å². The molecule has 0 saturated heterocycles. The van der Waals surface area contributed by atoms with E-state index in [0.717, 1.165) is 12.2 Å². The van der Waals surface area contributed by atoms with Gasteiger partial charge >= 0.3 is 0 Å². The Morgan fingerprint density at radius 1 is 1.22 bits per heavy atom. The minimum absolute atomic E-state index is 0.340. The van der Waals surface area contributed by atoms with E-state index in [1.165, 1.54) is 16.2 Å². The van der Waals surface area contributed by atoms with Gasteiger partial charge < -0.3 is 4.74 Å². The second kappa shape index (κ2) is 3.85. The van der Waals surface area contributed by atoms with Crippen molar-refractivity contribution in [1.29, 1.82) is 0 Å². The Morgan fingerprint density at radius 2 is 2.17 bits per heavy atom. The molecule has 4 rings (SSSR count). The van der Waals surface area contributed by atoms with Crippen molar-refractivity contribution in [2.24, 2.45) is 5.10 Å². The Bertz CT molecular complexity index is 606. The number of rotatable bonds is 1. The molecular weight excluding hydrogens is 244 g/mol. The molecular formula is C14H12N2OS. The lowest BCUT2D eigenvalue weighted by atomic mass is 10.00. The molecule has 2 aliphatic heterocycles. The normalized spacial score (nSPS) is 21.0. The van der Waals surface area contributed by atoms with Crippen LogP contribution in [0.4, 0.5) is 0 Å². The summed E-state index contributed by atoms with van der Waals surface area (Å²) in [5.41, 5.74) is 2.43. The van der Waals surface area contributed by atoms with Gasteiger partial charge in [0.1, 0.15) is 5.75 Å². The van der Waals surface area contributed by atoms with Crippen molar-refractivity contribution in [3.05, 3.63) is 52.2 Å². The van der Waals surface area contributed by atoms with E-state index in [4.69, 9.17) is 4.74 Å². The third kappa shape index (κ3) is 1.46. The highest BCUT2D eigenvalue weighted by atomic mass is 32.1. The second-order valence-corrected chi connectivity index (χ2v) is 5.44. The van der Waals surface area contributed by atoms with Gasteiger partial charge in [-0.05, 0) is 17.5 Å². The second-order valence-electron chi connectivity index (χ2n) is 4.49. The number of nitrogens with zero attached hydrogens (tertiary/aromatic N) is 2. The molecule has 0 amide bonds. The molecule has 3 heterocycles. The van der Waals surface area contributed by atoms with E-state index >= 15 is 0 Å². The fourth-order valence-electron chi connectivity index (χ4n) is 2.56. The summed E-state index contributed by atoms with van der Waals surface area (Å²) >= 11 is 1.75. The lowest BCUT2D eigenvalue weighted by Crippen LogP contribution is -2.29. The predicted octanol–water partition coefficient (Wildman–Crippen LogP) is 3.25. The van der Waals surface area contributed by atoms with Crippen LogP contribution in [0.5, 0.6) is 5.75 Å². The SMILES string of the molecule is c1csc(C2=NN3COc4ccccc4[C@@H]3C2)c1. The van der Waals surface area contributed by atoms with Crippen molar-refractivity contribution in [3.63, 3.8) is 0 Å².